The molecule has 2 amide bonds. The highest BCUT2D eigenvalue weighted by atomic mass is 19.1. The third kappa shape index (κ3) is 7.45. The summed E-state index contributed by atoms with van der Waals surface area (Å²) in [6, 6.07) is 6.13. The number of rotatable bonds is 8. The lowest BCUT2D eigenvalue weighted by Gasteiger charge is -2.26. The standard InChI is InChI=1S/C21H29FN2O5/c1-15(2)10-23-11-18(29-14-16-5-4-6-17(22)9-16)12-24(13-20(23)26)19(25)7-8-21(27)28-3/h4-6,9,15,18H,7-8,10-14H2,1-3H3. The average molecular weight is 408 g/mol. The van der Waals surface area contributed by atoms with Gasteiger partial charge in [0, 0.05) is 26.1 Å². The largest absolute Gasteiger partial charge is 0.469 e. The lowest BCUT2D eigenvalue weighted by molar-refractivity contribution is -0.144. The quantitative estimate of drug-likeness (QED) is 0.615. The number of amides is 2. The fourth-order valence-electron chi connectivity index (χ4n) is 3.20. The fraction of sp³-hybridized carbons (Fsp3) is 0.571. The summed E-state index contributed by atoms with van der Waals surface area (Å²) in [6.45, 7) is 5.30. The number of carbonyl (C=O) groups is 3. The Bertz CT molecular complexity index is 725. The first kappa shape index (κ1) is 22.8. The van der Waals surface area contributed by atoms with Crippen molar-refractivity contribution in [2.45, 2.75) is 39.4 Å². The van der Waals surface area contributed by atoms with Crippen molar-refractivity contribution in [2.75, 3.05) is 33.3 Å². The van der Waals surface area contributed by atoms with Crippen molar-refractivity contribution in [1.82, 2.24) is 9.80 Å². The molecule has 160 valence electrons. The zero-order valence-corrected chi connectivity index (χ0v) is 17.2. The second kappa shape index (κ2) is 10.9. The molecule has 29 heavy (non-hydrogen) atoms. The number of esters is 1. The van der Waals surface area contributed by atoms with Crippen LogP contribution in [0.15, 0.2) is 24.3 Å². The summed E-state index contributed by atoms with van der Waals surface area (Å²) in [5.74, 6) is -0.996. The van der Waals surface area contributed by atoms with Gasteiger partial charge in [0.05, 0.1) is 32.8 Å². The second-order valence-electron chi connectivity index (χ2n) is 7.61. The van der Waals surface area contributed by atoms with Crippen molar-refractivity contribution >= 4 is 17.8 Å². The molecule has 0 radical (unpaired) electrons. The lowest BCUT2D eigenvalue weighted by Crippen LogP contribution is -2.40. The third-order valence-electron chi connectivity index (χ3n) is 4.61. The van der Waals surface area contributed by atoms with Crippen LogP contribution in [-0.4, -0.2) is 67.0 Å². The number of halogens is 1. The molecular weight excluding hydrogens is 379 g/mol. The third-order valence-corrected chi connectivity index (χ3v) is 4.61. The Balaban J connectivity index is 2.07. The highest BCUT2D eigenvalue weighted by Crippen LogP contribution is 2.15. The van der Waals surface area contributed by atoms with E-state index in [1.807, 2.05) is 13.8 Å². The van der Waals surface area contributed by atoms with Gasteiger partial charge in [-0.15, -0.1) is 0 Å². The highest BCUT2D eigenvalue weighted by Gasteiger charge is 2.31. The second-order valence-corrected chi connectivity index (χ2v) is 7.61. The van der Waals surface area contributed by atoms with Gasteiger partial charge in [0.25, 0.3) is 0 Å². The number of methoxy groups -OCH3 is 1. The molecule has 1 saturated heterocycles. The first-order chi connectivity index (χ1) is 13.8. The van der Waals surface area contributed by atoms with Crippen LogP contribution in [0.2, 0.25) is 0 Å². The molecule has 0 N–H and O–H groups in total. The highest BCUT2D eigenvalue weighted by molar-refractivity contribution is 5.87. The molecule has 0 spiro atoms. The average Bonchev–Trinajstić information content (AvgIpc) is 2.83. The van der Waals surface area contributed by atoms with Crippen molar-refractivity contribution in [2.24, 2.45) is 5.92 Å². The summed E-state index contributed by atoms with van der Waals surface area (Å²) in [6.07, 6.45) is -0.476. The van der Waals surface area contributed by atoms with E-state index in [-0.39, 0.29) is 56.1 Å². The molecule has 1 atom stereocenters. The summed E-state index contributed by atoms with van der Waals surface area (Å²) in [5, 5.41) is 0. The van der Waals surface area contributed by atoms with Crippen molar-refractivity contribution < 1.29 is 28.2 Å². The minimum absolute atomic E-state index is 0.0270. The number of hydrogen-bond acceptors (Lipinski definition) is 5. The van der Waals surface area contributed by atoms with Gasteiger partial charge in [0.2, 0.25) is 11.8 Å². The Kier molecular flexibility index (Phi) is 8.57. The number of ether oxygens (including phenoxy) is 2. The van der Waals surface area contributed by atoms with Crippen molar-refractivity contribution in [3.05, 3.63) is 35.6 Å². The molecule has 8 heteroatoms. The molecule has 1 fully saturated rings. The van der Waals surface area contributed by atoms with E-state index in [2.05, 4.69) is 4.74 Å². The van der Waals surface area contributed by atoms with Crippen molar-refractivity contribution in [1.29, 1.82) is 0 Å². The molecule has 0 aromatic heterocycles. The van der Waals surface area contributed by atoms with Gasteiger partial charge in [-0.3, -0.25) is 14.4 Å². The van der Waals surface area contributed by atoms with E-state index in [9.17, 15) is 18.8 Å². The Morgan fingerprint density at radius 3 is 2.66 bits per heavy atom. The van der Waals surface area contributed by atoms with E-state index in [0.29, 0.717) is 18.7 Å². The maximum absolute atomic E-state index is 13.4. The van der Waals surface area contributed by atoms with E-state index in [4.69, 9.17) is 4.74 Å². The van der Waals surface area contributed by atoms with E-state index in [1.54, 1.807) is 17.0 Å². The first-order valence-electron chi connectivity index (χ1n) is 9.77. The molecule has 1 unspecified atom stereocenters. The van der Waals surface area contributed by atoms with Crippen LogP contribution in [-0.2, 0) is 30.5 Å². The minimum Gasteiger partial charge on any atom is -0.469 e. The van der Waals surface area contributed by atoms with Crippen LogP contribution in [0.5, 0.6) is 0 Å². The summed E-state index contributed by atoms with van der Waals surface area (Å²) >= 11 is 0. The van der Waals surface area contributed by atoms with Gasteiger partial charge >= 0.3 is 5.97 Å². The van der Waals surface area contributed by atoms with Gasteiger partial charge < -0.3 is 19.3 Å². The van der Waals surface area contributed by atoms with Crippen LogP contribution in [0.25, 0.3) is 0 Å². The van der Waals surface area contributed by atoms with Crippen molar-refractivity contribution in [3.63, 3.8) is 0 Å². The Morgan fingerprint density at radius 2 is 2.00 bits per heavy atom. The van der Waals surface area contributed by atoms with Crippen LogP contribution in [0.4, 0.5) is 4.39 Å². The minimum atomic E-state index is -0.472. The fourth-order valence-corrected chi connectivity index (χ4v) is 3.20. The molecule has 0 bridgehead atoms. The van der Waals surface area contributed by atoms with Crippen LogP contribution in [0, 0.1) is 11.7 Å². The van der Waals surface area contributed by atoms with Gasteiger partial charge in [0.1, 0.15) is 5.82 Å². The molecular formula is C21H29FN2O5. The predicted octanol–water partition coefficient (Wildman–Crippen LogP) is 1.99. The molecule has 1 aliphatic heterocycles. The zero-order chi connectivity index (χ0) is 21.4. The van der Waals surface area contributed by atoms with E-state index in [0.717, 1.165) is 0 Å². The Labute approximate surface area is 170 Å². The zero-order valence-electron chi connectivity index (χ0n) is 17.2. The van der Waals surface area contributed by atoms with E-state index >= 15 is 0 Å². The Morgan fingerprint density at radius 1 is 1.24 bits per heavy atom. The number of hydrogen-bond donors (Lipinski definition) is 0. The van der Waals surface area contributed by atoms with Crippen LogP contribution in [0.3, 0.4) is 0 Å². The molecule has 2 rings (SSSR count). The molecule has 1 aromatic rings. The molecule has 0 saturated carbocycles. The van der Waals surface area contributed by atoms with Gasteiger partial charge in [0.15, 0.2) is 0 Å². The van der Waals surface area contributed by atoms with Gasteiger partial charge in [-0.25, -0.2) is 4.39 Å². The molecule has 1 aliphatic rings. The maximum Gasteiger partial charge on any atom is 0.306 e. The van der Waals surface area contributed by atoms with Crippen LogP contribution >= 0.6 is 0 Å². The summed E-state index contributed by atoms with van der Waals surface area (Å²) in [7, 11) is 1.27. The number of nitrogens with zero attached hydrogens (tertiary/aromatic N) is 2. The first-order valence-corrected chi connectivity index (χ1v) is 9.77. The summed E-state index contributed by atoms with van der Waals surface area (Å²) < 4.78 is 23.9. The topological polar surface area (TPSA) is 76.2 Å². The molecule has 1 heterocycles. The van der Waals surface area contributed by atoms with Gasteiger partial charge in [-0.2, -0.15) is 0 Å². The smallest absolute Gasteiger partial charge is 0.306 e. The van der Waals surface area contributed by atoms with Gasteiger partial charge in [-0.05, 0) is 23.6 Å². The summed E-state index contributed by atoms with van der Waals surface area (Å²) in [5.41, 5.74) is 0.680. The molecule has 0 aliphatic carbocycles. The van der Waals surface area contributed by atoms with Crippen LogP contribution < -0.4 is 0 Å². The predicted molar refractivity (Wildman–Crippen MR) is 104 cm³/mol. The van der Waals surface area contributed by atoms with Crippen molar-refractivity contribution in [3.8, 4) is 0 Å². The number of carbonyl (C=O) groups excluding carboxylic acids is 3. The maximum atomic E-state index is 13.4. The van der Waals surface area contributed by atoms with E-state index < -0.39 is 12.1 Å². The lowest BCUT2D eigenvalue weighted by atomic mass is 10.2. The molecule has 1 aromatic carbocycles. The van der Waals surface area contributed by atoms with E-state index in [1.165, 1.54) is 24.1 Å². The SMILES string of the molecule is COC(=O)CCC(=O)N1CC(=O)N(CC(C)C)CC(OCc2cccc(F)c2)C1. The number of benzene rings is 1. The monoisotopic (exact) mass is 408 g/mol. The Hall–Kier alpha value is -2.48. The summed E-state index contributed by atoms with van der Waals surface area (Å²) in [4.78, 5) is 39.7. The normalized spacial score (nSPS) is 17.4. The van der Waals surface area contributed by atoms with Crippen LogP contribution in [0.1, 0.15) is 32.3 Å². The molecule has 7 nitrogen and oxygen atoms in total. The van der Waals surface area contributed by atoms with Gasteiger partial charge in [-0.1, -0.05) is 26.0 Å².